The Morgan fingerprint density at radius 1 is 0.838 bits per heavy atom. The fourth-order valence-corrected chi connectivity index (χ4v) is 9.26. The number of cyclic esters (lactones) is 2. The Balaban J connectivity index is 1.36. The molecule has 19 nitrogen and oxygen atoms in total. The zero-order valence-electron chi connectivity index (χ0n) is 48.5. The number of methoxy groups -OCH3 is 2. The van der Waals surface area contributed by atoms with Crippen LogP contribution in [0.5, 0.6) is 5.75 Å². The average molecular weight is 1140 g/mol. The van der Waals surface area contributed by atoms with Crippen molar-refractivity contribution in [2.24, 2.45) is 34.8 Å². The number of carbonyl (C=O) groups is 7. The van der Waals surface area contributed by atoms with Gasteiger partial charge in [0, 0.05) is 64.1 Å². The molecular weight excluding hydrogens is 1050 g/mol. The van der Waals surface area contributed by atoms with Crippen LogP contribution in [0.1, 0.15) is 123 Å². The maximum absolute atomic E-state index is 14.0. The normalized spacial score (nSPS) is 21.4. The lowest BCUT2D eigenvalue weighted by atomic mass is 9.86. The largest absolute Gasteiger partial charge is 0.495 e. The van der Waals surface area contributed by atoms with Crippen molar-refractivity contribution in [2.75, 3.05) is 73.6 Å². The van der Waals surface area contributed by atoms with Crippen LogP contribution in [0, 0.1) is 29.1 Å². The van der Waals surface area contributed by atoms with Crippen molar-refractivity contribution in [1.29, 1.82) is 0 Å². The Morgan fingerprint density at radius 2 is 1.50 bits per heavy atom. The van der Waals surface area contributed by atoms with Gasteiger partial charge in [-0.25, -0.2) is 4.79 Å². The molecule has 0 aliphatic carbocycles. The molecule has 5 N–H and O–H groups in total. The minimum Gasteiger partial charge on any atom is -0.495 e. The van der Waals surface area contributed by atoms with Crippen LogP contribution in [-0.2, 0) is 79.6 Å². The Labute approximate surface area is 478 Å². The van der Waals surface area contributed by atoms with Gasteiger partial charge in [0.25, 0.3) is 0 Å². The van der Waals surface area contributed by atoms with Gasteiger partial charge in [0.1, 0.15) is 29.8 Å². The van der Waals surface area contributed by atoms with E-state index in [0.29, 0.717) is 88.2 Å². The van der Waals surface area contributed by atoms with E-state index in [1.165, 1.54) is 13.2 Å². The summed E-state index contributed by atoms with van der Waals surface area (Å²) in [5.74, 6) is -3.37. The molecule has 3 amide bonds. The topological polar surface area (TPSA) is 259 Å². The number of ketones is 2. The van der Waals surface area contributed by atoms with E-state index in [1.54, 1.807) is 45.2 Å². The molecule has 8 atom stereocenters. The Bertz CT molecular complexity index is 2330. The summed E-state index contributed by atoms with van der Waals surface area (Å²) >= 11 is 6.39. The van der Waals surface area contributed by atoms with E-state index in [4.69, 9.17) is 55.2 Å². The minimum absolute atomic E-state index is 0.0183. The lowest BCUT2D eigenvalue weighted by molar-refractivity contribution is -0.179. The number of benzene rings is 2. The lowest BCUT2D eigenvalue weighted by Gasteiger charge is -2.29. The summed E-state index contributed by atoms with van der Waals surface area (Å²) in [5, 5.41) is 8.80. The second-order valence-corrected chi connectivity index (χ2v) is 22.5. The standard InChI is InChI=1S/C60H89ClN4O15/c1-38(2)33-51-58(71)78-49(14-12-15-53(69)65-46(35-42-19-23-50(74-9)45(61)34-42)57(70)64-37-60(6,7)59(72)79-51)40(5)55-56(80-55)43-20-16-41(17-21-43)18-22-47(66)44(36-48(67)54(62)39(3)4)13-10-11-25-63-52(68)24-26-75-29-30-77-32-31-76-28-27-73-8/h12,15-17,19-21,23,34,38-40,44,46,49,51,54-56H,10-11,13-14,18,22,24-33,35-37,62H2,1-9H3,(H,63,68)(H,64,70)(H,65,69)/b15-12+/t40-,44+,46+,49-,51-,54-,55+,56+/m0/s1. The summed E-state index contributed by atoms with van der Waals surface area (Å²) in [4.78, 5) is 94.2. The molecule has 0 aromatic heterocycles. The predicted octanol–water partition coefficient (Wildman–Crippen LogP) is 6.56. The molecule has 2 heterocycles. The van der Waals surface area contributed by atoms with Gasteiger partial charge in [-0.05, 0) is 86.3 Å². The smallest absolute Gasteiger partial charge is 0.347 e. The number of hydrogen-bond acceptors (Lipinski definition) is 16. The van der Waals surface area contributed by atoms with Gasteiger partial charge >= 0.3 is 11.9 Å². The van der Waals surface area contributed by atoms with E-state index >= 15 is 0 Å². The van der Waals surface area contributed by atoms with Crippen LogP contribution in [-0.4, -0.2) is 145 Å². The third-order valence-electron chi connectivity index (χ3n) is 14.2. The molecule has 0 bridgehead atoms. The number of carbonyl (C=O) groups excluding carboxylic acids is 7. The van der Waals surface area contributed by atoms with Gasteiger partial charge in [0.15, 0.2) is 11.9 Å². The number of ether oxygens (including phenoxy) is 8. The van der Waals surface area contributed by atoms with Crippen LogP contribution in [0.25, 0.3) is 0 Å². The van der Waals surface area contributed by atoms with Crippen LogP contribution in [0.4, 0.5) is 0 Å². The van der Waals surface area contributed by atoms with Crippen LogP contribution >= 0.6 is 11.6 Å². The van der Waals surface area contributed by atoms with Crippen molar-refractivity contribution in [3.63, 3.8) is 0 Å². The first-order valence-electron chi connectivity index (χ1n) is 28.2. The third-order valence-corrected chi connectivity index (χ3v) is 14.5. The summed E-state index contributed by atoms with van der Waals surface area (Å²) in [6.45, 7) is 15.9. The first-order chi connectivity index (χ1) is 38.1. The highest BCUT2D eigenvalue weighted by Crippen LogP contribution is 2.45. The van der Waals surface area contributed by atoms with Crippen molar-refractivity contribution in [3.8, 4) is 5.75 Å². The molecule has 4 rings (SSSR count). The molecule has 0 radical (unpaired) electrons. The molecule has 1 fully saturated rings. The first-order valence-corrected chi connectivity index (χ1v) is 28.5. The van der Waals surface area contributed by atoms with Gasteiger partial charge in [-0.3, -0.25) is 28.8 Å². The quantitative estimate of drug-likeness (QED) is 0.0335. The number of rotatable bonds is 33. The number of amides is 3. The second kappa shape index (κ2) is 34.9. The molecule has 20 heteroatoms. The van der Waals surface area contributed by atoms with E-state index in [2.05, 4.69) is 16.0 Å². The van der Waals surface area contributed by atoms with Crippen LogP contribution in [0.15, 0.2) is 54.6 Å². The molecule has 80 heavy (non-hydrogen) atoms. The van der Waals surface area contributed by atoms with Crippen molar-refractivity contribution >= 4 is 52.8 Å². The SMILES string of the molecule is COCCOCCOCCOCCC(=O)NCCCC[C@H](CC(=O)[C@@H](N)C(C)C)C(=O)CCc1ccc([C@H]2O[C@@H]2[C@@H](C)[C@@H]2C/C=C/C(=O)N[C@H](Cc3ccc(OC)c(Cl)c3)C(=O)NCC(C)(C)C(=O)O[C@@H](CC(C)C)C(=O)O2)cc1. The Hall–Kier alpha value is -5.28. The molecule has 0 unspecified atom stereocenters. The van der Waals surface area contributed by atoms with Gasteiger partial charge in [-0.15, -0.1) is 0 Å². The van der Waals surface area contributed by atoms with E-state index in [1.807, 2.05) is 58.9 Å². The molecule has 0 saturated carbocycles. The summed E-state index contributed by atoms with van der Waals surface area (Å²) in [6.07, 6.45) is 3.23. The first kappa shape index (κ1) is 67.2. The van der Waals surface area contributed by atoms with E-state index in [-0.39, 0.29) is 93.2 Å². The molecule has 2 aliphatic rings. The van der Waals surface area contributed by atoms with Gasteiger partial charge in [-0.1, -0.05) is 89.0 Å². The van der Waals surface area contributed by atoms with Gasteiger partial charge in [0.05, 0.1) is 75.9 Å². The van der Waals surface area contributed by atoms with E-state index in [9.17, 15) is 33.6 Å². The summed E-state index contributed by atoms with van der Waals surface area (Å²) < 4.78 is 44.8. The molecule has 1 saturated heterocycles. The highest BCUT2D eigenvalue weighted by atomic mass is 35.5. The summed E-state index contributed by atoms with van der Waals surface area (Å²) in [6, 6.07) is 11.1. The fraction of sp³-hybridized carbons (Fsp3) is 0.650. The molecule has 0 spiro atoms. The number of hydrogen-bond donors (Lipinski definition) is 4. The maximum atomic E-state index is 14.0. The zero-order valence-corrected chi connectivity index (χ0v) is 49.2. The molecule has 2 aromatic rings. The number of Topliss-reactive ketones (excluding diaryl/α,β-unsaturated/α-hetero) is 2. The number of esters is 2. The monoisotopic (exact) mass is 1140 g/mol. The Kier molecular flexibility index (Phi) is 29.3. The number of nitrogens with one attached hydrogen (secondary N) is 3. The highest BCUT2D eigenvalue weighted by Gasteiger charge is 2.48. The van der Waals surface area contributed by atoms with Crippen LogP contribution in [0.3, 0.4) is 0 Å². The van der Waals surface area contributed by atoms with Crippen molar-refractivity contribution < 1.29 is 71.5 Å². The van der Waals surface area contributed by atoms with Crippen molar-refractivity contribution in [1.82, 2.24) is 16.0 Å². The average Bonchev–Trinajstić information content (AvgIpc) is 4.24. The molecule has 446 valence electrons. The number of halogens is 1. The number of epoxide rings is 1. The number of unbranched alkanes of at least 4 members (excludes halogenated alkanes) is 1. The number of nitrogens with two attached hydrogens (primary N) is 1. The summed E-state index contributed by atoms with van der Waals surface area (Å²) in [7, 11) is 3.11. The van der Waals surface area contributed by atoms with Gasteiger partial charge in [-0.2, -0.15) is 0 Å². The van der Waals surface area contributed by atoms with Gasteiger partial charge in [0.2, 0.25) is 17.7 Å². The molecule has 2 aromatic carbocycles. The lowest BCUT2D eigenvalue weighted by Crippen LogP contribution is -2.51. The minimum atomic E-state index is -1.27. The van der Waals surface area contributed by atoms with Crippen molar-refractivity contribution in [3.05, 3.63) is 76.3 Å². The van der Waals surface area contributed by atoms with E-state index in [0.717, 1.165) is 11.1 Å². The van der Waals surface area contributed by atoms with Crippen molar-refractivity contribution in [2.45, 2.75) is 149 Å². The molecular formula is C60H89ClN4O15. The maximum Gasteiger partial charge on any atom is 0.347 e. The van der Waals surface area contributed by atoms with Crippen LogP contribution < -0.4 is 26.4 Å². The predicted molar refractivity (Wildman–Crippen MR) is 302 cm³/mol. The number of aryl methyl sites for hydroxylation is 1. The fourth-order valence-electron chi connectivity index (χ4n) is 8.98. The molecule has 2 aliphatic heterocycles. The second-order valence-electron chi connectivity index (χ2n) is 22.1. The highest BCUT2D eigenvalue weighted by molar-refractivity contribution is 6.32. The van der Waals surface area contributed by atoms with Gasteiger partial charge < -0.3 is 59.6 Å². The zero-order chi connectivity index (χ0) is 58.8. The third kappa shape index (κ3) is 23.7. The summed E-state index contributed by atoms with van der Waals surface area (Å²) in [5.41, 5.74) is 7.42. The van der Waals surface area contributed by atoms with E-state index < -0.39 is 65.3 Å². The Morgan fingerprint density at radius 3 is 2.14 bits per heavy atom. The van der Waals surface area contributed by atoms with Crippen LogP contribution in [0.2, 0.25) is 5.02 Å².